The molecule has 0 fully saturated rings. The second-order valence-electron chi connectivity index (χ2n) is 10.8. The van der Waals surface area contributed by atoms with Gasteiger partial charge in [0.2, 0.25) is 0 Å². The number of hydrogen-bond acceptors (Lipinski definition) is 8. The van der Waals surface area contributed by atoms with Crippen LogP contribution in [-0.2, 0) is 17.9 Å². The molecule has 0 spiro atoms. The number of hydrogen-bond donors (Lipinski definition) is 1. The SMILES string of the molecule is CN(CCN(CC=O)Cc1ccccc1)Cc1csc2nc(C3=CC=CC=C(NC(=O)c4cnc5ccccc5n4)C3)cn12. The van der Waals surface area contributed by atoms with Crippen molar-refractivity contribution in [1.29, 1.82) is 0 Å². The highest BCUT2D eigenvalue weighted by atomic mass is 32.1. The fourth-order valence-electron chi connectivity index (χ4n) is 5.15. The number of rotatable bonds is 12. The molecule has 44 heavy (non-hydrogen) atoms. The summed E-state index contributed by atoms with van der Waals surface area (Å²) in [4.78, 5) is 43.4. The molecule has 5 aromatic rings. The largest absolute Gasteiger partial charge is 0.324 e. The van der Waals surface area contributed by atoms with Crippen LogP contribution in [0.1, 0.15) is 33.9 Å². The number of thiazole rings is 1. The number of nitrogens with zero attached hydrogens (tertiary/aromatic N) is 6. The number of nitrogens with one attached hydrogen (secondary N) is 1. The first-order valence-corrected chi connectivity index (χ1v) is 15.4. The summed E-state index contributed by atoms with van der Waals surface area (Å²) in [5.74, 6) is -0.296. The predicted octanol–water partition coefficient (Wildman–Crippen LogP) is 5.13. The van der Waals surface area contributed by atoms with Crippen molar-refractivity contribution in [2.75, 3.05) is 26.7 Å². The molecule has 0 radical (unpaired) electrons. The van der Waals surface area contributed by atoms with Crippen LogP contribution in [0, 0.1) is 0 Å². The van der Waals surface area contributed by atoms with Crippen LogP contribution in [0.15, 0.2) is 102 Å². The minimum atomic E-state index is -0.296. The van der Waals surface area contributed by atoms with Gasteiger partial charge in [-0.05, 0) is 36.4 Å². The third kappa shape index (κ3) is 7.05. The lowest BCUT2D eigenvalue weighted by molar-refractivity contribution is -0.109. The Labute approximate surface area is 259 Å². The maximum absolute atomic E-state index is 13.0. The van der Waals surface area contributed by atoms with Crippen molar-refractivity contribution in [2.45, 2.75) is 19.5 Å². The fraction of sp³-hybridized carbons (Fsp3) is 0.206. The number of carbonyl (C=O) groups excluding carboxylic acids is 2. The van der Waals surface area contributed by atoms with Gasteiger partial charge in [-0.3, -0.25) is 24.0 Å². The molecule has 222 valence electrons. The zero-order valence-electron chi connectivity index (χ0n) is 24.5. The van der Waals surface area contributed by atoms with Gasteiger partial charge in [0.05, 0.1) is 29.5 Å². The van der Waals surface area contributed by atoms with Crippen LogP contribution in [0.2, 0.25) is 0 Å². The van der Waals surface area contributed by atoms with Gasteiger partial charge < -0.3 is 10.1 Å². The third-order valence-corrected chi connectivity index (χ3v) is 8.35. The molecule has 9 nitrogen and oxygen atoms in total. The lowest BCUT2D eigenvalue weighted by Crippen LogP contribution is -2.34. The summed E-state index contributed by atoms with van der Waals surface area (Å²) in [6.45, 7) is 3.52. The van der Waals surface area contributed by atoms with Gasteiger partial charge in [0, 0.05) is 55.6 Å². The van der Waals surface area contributed by atoms with E-state index in [9.17, 15) is 9.59 Å². The summed E-state index contributed by atoms with van der Waals surface area (Å²) >= 11 is 1.61. The molecule has 1 aliphatic rings. The van der Waals surface area contributed by atoms with E-state index >= 15 is 0 Å². The lowest BCUT2D eigenvalue weighted by atomic mass is 10.1. The molecule has 3 aromatic heterocycles. The highest BCUT2D eigenvalue weighted by molar-refractivity contribution is 7.15. The van der Waals surface area contributed by atoms with E-state index in [2.05, 4.69) is 60.2 Å². The number of fused-ring (bicyclic) bond motifs is 2. The zero-order chi connectivity index (χ0) is 30.3. The highest BCUT2D eigenvalue weighted by Crippen LogP contribution is 2.27. The van der Waals surface area contributed by atoms with Gasteiger partial charge in [0.1, 0.15) is 12.0 Å². The maximum Gasteiger partial charge on any atom is 0.275 e. The monoisotopic (exact) mass is 603 g/mol. The van der Waals surface area contributed by atoms with Gasteiger partial charge in [0.25, 0.3) is 5.91 Å². The first kappa shape index (κ1) is 29.3. The van der Waals surface area contributed by atoms with Crippen LogP contribution in [0.3, 0.4) is 0 Å². The lowest BCUT2D eigenvalue weighted by Gasteiger charge is -2.23. The molecular formula is C34H33N7O2S. The maximum atomic E-state index is 13.0. The quantitative estimate of drug-likeness (QED) is 0.198. The number of para-hydroxylation sites is 2. The predicted molar refractivity (Wildman–Crippen MR) is 174 cm³/mol. The molecule has 1 N–H and O–H groups in total. The summed E-state index contributed by atoms with van der Waals surface area (Å²) < 4.78 is 2.14. The van der Waals surface area contributed by atoms with E-state index < -0.39 is 0 Å². The molecule has 0 atom stereocenters. The van der Waals surface area contributed by atoms with Gasteiger partial charge in [-0.15, -0.1) is 11.3 Å². The Kier molecular flexibility index (Phi) is 9.11. The van der Waals surface area contributed by atoms with E-state index in [1.807, 2.05) is 66.8 Å². The molecule has 0 bridgehead atoms. The summed E-state index contributed by atoms with van der Waals surface area (Å²) in [6.07, 6.45) is 12.9. The second kappa shape index (κ2) is 13.7. The first-order chi connectivity index (χ1) is 21.6. The summed E-state index contributed by atoms with van der Waals surface area (Å²) in [5.41, 5.74) is 6.70. The highest BCUT2D eigenvalue weighted by Gasteiger charge is 2.17. The normalized spacial score (nSPS) is 13.3. The van der Waals surface area contributed by atoms with Crippen molar-refractivity contribution in [3.8, 4) is 0 Å². The van der Waals surface area contributed by atoms with E-state index in [0.717, 1.165) is 65.6 Å². The second-order valence-corrected chi connectivity index (χ2v) is 11.6. The standard InChI is InChI=1S/C34H33N7O2S/c1-39(15-16-40(17-18-42)21-25-9-3-2-4-10-25)22-28-24-44-34-38-32(23-41(28)34)26-11-5-6-12-27(19-26)36-33(43)31-20-35-29-13-7-8-14-30(29)37-31/h2-14,18,20,23-24H,15-17,19,21-22H2,1H3,(H,36,43). The number of benzene rings is 2. The Morgan fingerprint density at radius 1 is 1.00 bits per heavy atom. The molecular weight excluding hydrogens is 570 g/mol. The summed E-state index contributed by atoms with van der Waals surface area (Å²) in [7, 11) is 2.10. The van der Waals surface area contributed by atoms with E-state index in [0.29, 0.717) is 18.5 Å². The van der Waals surface area contributed by atoms with E-state index in [1.54, 1.807) is 11.3 Å². The van der Waals surface area contributed by atoms with Crippen LogP contribution >= 0.6 is 11.3 Å². The molecule has 1 amide bonds. The zero-order valence-corrected chi connectivity index (χ0v) is 25.3. The van der Waals surface area contributed by atoms with Gasteiger partial charge in [-0.25, -0.2) is 9.97 Å². The van der Waals surface area contributed by atoms with Crippen molar-refractivity contribution < 1.29 is 9.59 Å². The van der Waals surface area contributed by atoms with Crippen molar-refractivity contribution in [1.82, 2.24) is 34.5 Å². The number of amides is 1. The van der Waals surface area contributed by atoms with Crippen LogP contribution in [0.25, 0.3) is 21.6 Å². The summed E-state index contributed by atoms with van der Waals surface area (Å²) in [5, 5.41) is 5.16. The summed E-state index contributed by atoms with van der Waals surface area (Å²) in [6, 6.07) is 17.7. The Bertz CT molecular complexity index is 1870. The van der Waals surface area contributed by atoms with Gasteiger partial charge in [-0.1, -0.05) is 60.7 Å². The molecule has 0 saturated heterocycles. The number of imidazole rings is 1. The fourth-order valence-corrected chi connectivity index (χ4v) is 6.02. The topological polar surface area (TPSA) is 95.7 Å². The molecule has 3 heterocycles. The van der Waals surface area contributed by atoms with Crippen LogP contribution < -0.4 is 5.32 Å². The Morgan fingerprint density at radius 3 is 2.64 bits per heavy atom. The van der Waals surface area contributed by atoms with Crippen molar-refractivity contribution in [2.24, 2.45) is 0 Å². The molecule has 10 heteroatoms. The van der Waals surface area contributed by atoms with Crippen LogP contribution in [0.5, 0.6) is 0 Å². The molecule has 6 rings (SSSR count). The molecule has 0 saturated carbocycles. The van der Waals surface area contributed by atoms with Crippen LogP contribution in [-0.4, -0.2) is 68.0 Å². The van der Waals surface area contributed by atoms with E-state index in [1.165, 1.54) is 11.8 Å². The third-order valence-electron chi connectivity index (χ3n) is 7.47. The minimum Gasteiger partial charge on any atom is -0.324 e. The average molecular weight is 604 g/mol. The Balaban J connectivity index is 1.09. The molecule has 0 unspecified atom stereocenters. The minimum absolute atomic E-state index is 0.272. The number of aromatic nitrogens is 4. The van der Waals surface area contributed by atoms with Crippen molar-refractivity contribution in [3.05, 3.63) is 125 Å². The van der Waals surface area contributed by atoms with E-state index in [4.69, 9.17) is 4.98 Å². The smallest absolute Gasteiger partial charge is 0.275 e. The molecule has 1 aliphatic carbocycles. The van der Waals surface area contributed by atoms with Crippen molar-refractivity contribution in [3.63, 3.8) is 0 Å². The van der Waals surface area contributed by atoms with Gasteiger partial charge in [-0.2, -0.15) is 0 Å². The van der Waals surface area contributed by atoms with Crippen LogP contribution in [0.4, 0.5) is 0 Å². The Hall–Kier alpha value is -4.77. The molecule has 2 aromatic carbocycles. The average Bonchev–Trinajstić information content (AvgIpc) is 3.54. The number of aldehydes is 1. The van der Waals surface area contributed by atoms with Crippen molar-refractivity contribution >= 4 is 45.1 Å². The van der Waals surface area contributed by atoms with E-state index in [-0.39, 0.29) is 11.6 Å². The first-order valence-electron chi connectivity index (χ1n) is 14.5. The number of likely N-dealkylation sites (N-methyl/N-ethyl adjacent to an activating group) is 1. The van der Waals surface area contributed by atoms with Gasteiger partial charge in [0.15, 0.2) is 4.96 Å². The number of allylic oxidation sites excluding steroid dienone is 5. The Morgan fingerprint density at radius 2 is 1.80 bits per heavy atom. The molecule has 0 aliphatic heterocycles. The van der Waals surface area contributed by atoms with Gasteiger partial charge >= 0.3 is 0 Å². The number of carbonyl (C=O) groups is 2.